The van der Waals surface area contributed by atoms with Crippen LogP contribution < -0.4 is 21.1 Å². The smallest absolute Gasteiger partial charge is 0.255 e. The van der Waals surface area contributed by atoms with E-state index in [0.717, 1.165) is 68.5 Å². The second kappa shape index (κ2) is 8.63. The van der Waals surface area contributed by atoms with Gasteiger partial charge in [-0.2, -0.15) is 4.98 Å². The molecule has 1 aliphatic carbocycles. The molecule has 31 heavy (non-hydrogen) atoms. The van der Waals surface area contributed by atoms with E-state index in [2.05, 4.69) is 31.6 Å². The number of pyridine rings is 2. The molecule has 0 aromatic carbocycles. The monoisotopic (exact) mass is 419 g/mol. The minimum atomic E-state index is 0.0579. The van der Waals surface area contributed by atoms with Crippen molar-refractivity contribution < 1.29 is 0 Å². The van der Waals surface area contributed by atoms with Gasteiger partial charge < -0.3 is 15.5 Å². The lowest BCUT2D eigenvalue weighted by molar-refractivity contribution is 0.352. The number of aromatic nitrogens is 4. The fourth-order valence-corrected chi connectivity index (χ4v) is 4.68. The molecular weight excluding hydrogens is 390 g/mol. The summed E-state index contributed by atoms with van der Waals surface area (Å²) in [6.45, 7) is 5.83. The van der Waals surface area contributed by atoms with Gasteiger partial charge in [0.2, 0.25) is 5.95 Å². The van der Waals surface area contributed by atoms with E-state index in [1.54, 1.807) is 6.20 Å². The first kappa shape index (κ1) is 19.9. The molecule has 1 aliphatic heterocycles. The average Bonchev–Trinajstić information content (AvgIpc) is 2.82. The second-order valence-electron chi connectivity index (χ2n) is 8.53. The number of anilines is 3. The lowest BCUT2D eigenvalue weighted by atomic mass is 9.95. The third kappa shape index (κ3) is 4.12. The first-order valence-electron chi connectivity index (χ1n) is 11.3. The Balaban J connectivity index is 1.44. The van der Waals surface area contributed by atoms with Gasteiger partial charge in [0, 0.05) is 49.4 Å². The molecule has 1 saturated carbocycles. The standard InChI is InChI=1S/C23H29N7O/c1-16-13-17-14-26-23(28-21(17)30(22(16)31)18-5-3-2-4-6-18)27-20-8-7-19(15-25-20)29-11-9-24-10-12-29/h7-8,13-15,18,24H,2-6,9-12H2,1H3,(H,25,26,27,28). The lowest BCUT2D eigenvalue weighted by Crippen LogP contribution is -2.43. The predicted octanol–water partition coefficient (Wildman–Crippen LogP) is 3.15. The predicted molar refractivity (Wildman–Crippen MR) is 123 cm³/mol. The van der Waals surface area contributed by atoms with Crippen LogP contribution >= 0.6 is 0 Å². The molecule has 0 bridgehead atoms. The number of rotatable bonds is 4. The molecule has 0 spiro atoms. The summed E-state index contributed by atoms with van der Waals surface area (Å²) < 4.78 is 1.90. The molecule has 2 aliphatic rings. The zero-order valence-corrected chi connectivity index (χ0v) is 18.0. The van der Waals surface area contributed by atoms with Gasteiger partial charge >= 0.3 is 0 Å². The van der Waals surface area contributed by atoms with E-state index < -0.39 is 0 Å². The van der Waals surface area contributed by atoms with Gasteiger partial charge in [-0.1, -0.05) is 19.3 Å². The van der Waals surface area contributed by atoms with Crippen LogP contribution in [0.1, 0.15) is 43.7 Å². The van der Waals surface area contributed by atoms with E-state index in [9.17, 15) is 4.79 Å². The molecule has 8 nitrogen and oxygen atoms in total. The Bertz CT molecular complexity index is 1110. The number of hydrogen-bond acceptors (Lipinski definition) is 7. The number of nitrogens with one attached hydrogen (secondary N) is 2. The number of fused-ring (bicyclic) bond motifs is 1. The SMILES string of the molecule is Cc1cc2cnc(Nc3ccc(N4CCNCC4)cn3)nc2n(C2CCCCC2)c1=O. The molecule has 3 aromatic heterocycles. The van der Waals surface area contributed by atoms with Crippen LogP contribution in [-0.2, 0) is 0 Å². The Morgan fingerprint density at radius 1 is 1.06 bits per heavy atom. The maximum atomic E-state index is 13.0. The minimum Gasteiger partial charge on any atom is -0.368 e. The summed E-state index contributed by atoms with van der Waals surface area (Å²) in [5.74, 6) is 1.15. The van der Waals surface area contributed by atoms with Gasteiger partial charge in [0.25, 0.3) is 5.56 Å². The molecule has 1 saturated heterocycles. The van der Waals surface area contributed by atoms with Crippen LogP contribution in [0.4, 0.5) is 17.5 Å². The van der Waals surface area contributed by atoms with Crippen molar-refractivity contribution in [3.8, 4) is 0 Å². The van der Waals surface area contributed by atoms with Gasteiger partial charge in [-0.3, -0.25) is 9.36 Å². The highest BCUT2D eigenvalue weighted by molar-refractivity contribution is 5.76. The lowest BCUT2D eigenvalue weighted by Gasteiger charge is -2.29. The molecule has 5 rings (SSSR count). The summed E-state index contributed by atoms with van der Waals surface area (Å²) in [6.07, 6.45) is 9.30. The van der Waals surface area contributed by atoms with Crippen LogP contribution in [0.5, 0.6) is 0 Å². The topological polar surface area (TPSA) is 88.0 Å². The van der Waals surface area contributed by atoms with Crippen LogP contribution in [0.3, 0.4) is 0 Å². The minimum absolute atomic E-state index is 0.0579. The van der Waals surface area contributed by atoms with Crippen molar-refractivity contribution in [2.45, 2.75) is 45.1 Å². The van der Waals surface area contributed by atoms with E-state index in [4.69, 9.17) is 4.98 Å². The van der Waals surface area contributed by atoms with Crippen LogP contribution in [0.25, 0.3) is 11.0 Å². The average molecular weight is 420 g/mol. The molecule has 3 aromatic rings. The van der Waals surface area contributed by atoms with Gasteiger partial charge in [-0.15, -0.1) is 0 Å². The molecule has 2 fully saturated rings. The van der Waals surface area contributed by atoms with Gasteiger partial charge in [-0.25, -0.2) is 9.97 Å². The molecule has 2 N–H and O–H groups in total. The van der Waals surface area contributed by atoms with Crippen molar-refractivity contribution >= 4 is 28.5 Å². The molecule has 0 amide bonds. The molecule has 0 atom stereocenters. The number of aryl methyl sites for hydroxylation is 1. The Morgan fingerprint density at radius 2 is 1.87 bits per heavy atom. The summed E-state index contributed by atoms with van der Waals surface area (Å²) in [5, 5.41) is 7.47. The maximum Gasteiger partial charge on any atom is 0.255 e. The number of piperazine rings is 1. The zero-order chi connectivity index (χ0) is 21.2. The Morgan fingerprint density at radius 3 is 2.61 bits per heavy atom. The van der Waals surface area contributed by atoms with Gasteiger partial charge in [0.1, 0.15) is 11.5 Å². The van der Waals surface area contributed by atoms with Crippen LogP contribution in [0.2, 0.25) is 0 Å². The quantitative estimate of drug-likeness (QED) is 0.672. The number of nitrogens with zero attached hydrogens (tertiary/aromatic N) is 5. The molecule has 0 radical (unpaired) electrons. The molecule has 4 heterocycles. The summed E-state index contributed by atoms with van der Waals surface area (Å²) in [6, 6.07) is 6.13. The third-order valence-electron chi connectivity index (χ3n) is 6.36. The van der Waals surface area contributed by atoms with Crippen molar-refractivity contribution in [3.63, 3.8) is 0 Å². The number of hydrogen-bond donors (Lipinski definition) is 2. The summed E-state index contributed by atoms with van der Waals surface area (Å²) in [4.78, 5) is 29.1. The van der Waals surface area contributed by atoms with Crippen LogP contribution in [0, 0.1) is 6.92 Å². The van der Waals surface area contributed by atoms with E-state index in [1.165, 1.54) is 6.42 Å². The van der Waals surface area contributed by atoms with Gasteiger partial charge in [-0.05, 0) is 38.0 Å². The van der Waals surface area contributed by atoms with Crippen molar-refractivity contribution in [3.05, 3.63) is 46.5 Å². The highest BCUT2D eigenvalue weighted by atomic mass is 16.1. The van der Waals surface area contributed by atoms with Crippen LogP contribution in [0.15, 0.2) is 35.4 Å². The largest absolute Gasteiger partial charge is 0.368 e. The van der Waals surface area contributed by atoms with Crippen LogP contribution in [-0.4, -0.2) is 45.7 Å². The first-order valence-corrected chi connectivity index (χ1v) is 11.3. The Hall–Kier alpha value is -3.00. The van der Waals surface area contributed by atoms with Crippen molar-refractivity contribution in [1.82, 2.24) is 24.8 Å². The summed E-state index contributed by atoms with van der Waals surface area (Å²) >= 11 is 0. The third-order valence-corrected chi connectivity index (χ3v) is 6.36. The summed E-state index contributed by atoms with van der Waals surface area (Å²) in [5.41, 5.74) is 2.63. The molecule has 162 valence electrons. The van der Waals surface area contributed by atoms with Gasteiger partial charge in [0.15, 0.2) is 0 Å². The normalized spacial score (nSPS) is 17.8. The highest BCUT2D eigenvalue weighted by Gasteiger charge is 2.21. The van der Waals surface area contributed by atoms with Crippen molar-refractivity contribution in [2.75, 3.05) is 36.4 Å². The second-order valence-corrected chi connectivity index (χ2v) is 8.53. The van der Waals surface area contributed by atoms with E-state index >= 15 is 0 Å². The molecule has 0 unspecified atom stereocenters. The Labute approximate surface area is 181 Å². The first-order chi connectivity index (χ1) is 15.2. The van der Waals surface area contributed by atoms with E-state index in [-0.39, 0.29) is 11.6 Å². The molecule has 8 heteroatoms. The van der Waals surface area contributed by atoms with Crippen molar-refractivity contribution in [2.24, 2.45) is 0 Å². The maximum absolute atomic E-state index is 13.0. The Kier molecular flexibility index (Phi) is 5.55. The zero-order valence-electron chi connectivity index (χ0n) is 18.0. The fourth-order valence-electron chi connectivity index (χ4n) is 4.68. The fraction of sp³-hybridized carbons (Fsp3) is 0.478. The van der Waals surface area contributed by atoms with Crippen molar-refractivity contribution in [1.29, 1.82) is 0 Å². The molecular formula is C23H29N7O. The summed E-state index contributed by atoms with van der Waals surface area (Å²) in [7, 11) is 0. The highest BCUT2D eigenvalue weighted by Crippen LogP contribution is 2.29. The van der Waals surface area contributed by atoms with E-state index in [1.807, 2.05) is 29.8 Å². The van der Waals surface area contributed by atoms with Gasteiger partial charge in [0.05, 0.1) is 11.9 Å². The van der Waals surface area contributed by atoms with E-state index in [0.29, 0.717) is 17.4 Å².